The molecule has 0 aliphatic rings. The predicted octanol–water partition coefficient (Wildman–Crippen LogP) is 6.67. The fourth-order valence-corrected chi connectivity index (χ4v) is 2.84. The first-order chi connectivity index (χ1) is 12.8. The summed E-state index contributed by atoms with van der Waals surface area (Å²) in [4.78, 5) is 9.02. The van der Waals surface area contributed by atoms with Crippen LogP contribution >= 0.6 is 15.9 Å². The zero-order chi connectivity index (χ0) is 17.8. The molecule has 0 amide bonds. The number of hydrogen-bond donors (Lipinski definition) is 0. The highest BCUT2D eigenvalue weighted by molar-refractivity contribution is 9.10. The summed E-state index contributed by atoms with van der Waals surface area (Å²) in [6.07, 6.45) is 5.73. The van der Waals surface area contributed by atoms with E-state index in [1.54, 1.807) is 6.21 Å². The summed E-state index contributed by atoms with van der Waals surface area (Å²) in [6, 6.07) is 23.7. The molecule has 0 bridgehead atoms. The van der Waals surface area contributed by atoms with Gasteiger partial charge >= 0.3 is 0 Å². The molecule has 0 unspecified atom stereocenters. The summed E-state index contributed by atoms with van der Waals surface area (Å²) >= 11 is 3.43. The third-order valence-corrected chi connectivity index (χ3v) is 4.38. The fraction of sp³-hybridized carbons (Fsp3) is 0. The molecule has 0 saturated heterocycles. The van der Waals surface area contributed by atoms with Crippen LogP contribution in [0.4, 0.5) is 5.69 Å². The van der Waals surface area contributed by atoms with Gasteiger partial charge in [-0.1, -0.05) is 52.3 Å². The van der Waals surface area contributed by atoms with E-state index in [-0.39, 0.29) is 0 Å². The molecule has 1 aromatic heterocycles. The van der Waals surface area contributed by atoms with Crippen LogP contribution in [-0.4, -0.2) is 11.2 Å². The highest BCUT2D eigenvalue weighted by Gasteiger charge is 2.07. The predicted molar refractivity (Wildman–Crippen MR) is 111 cm³/mol. The van der Waals surface area contributed by atoms with Crippen LogP contribution in [0.25, 0.3) is 28.6 Å². The number of benzene rings is 3. The summed E-state index contributed by atoms with van der Waals surface area (Å²) in [7, 11) is 0. The van der Waals surface area contributed by atoms with Gasteiger partial charge in [-0.2, -0.15) is 0 Å². The molecule has 3 aromatic carbocycles. The normalized spacial score (nSPS) is 11.7. The summed E-state index contributed by atoms with van der Waals surface area (Å²) in [5, 5.41) is 0. The third-order valence-electron chi connectivity index (χ3n) is 3.86. The Hall–Kier alpha value is -2.98. The maximum Gasteiger partial charge on any atom is 0.227 e. The van der Waals surface area contributed by atoms with E-state index in [1.807, 2.05) is 84.9 Å². The van der Waals surface area contributed by atoms with Gasteiger partial charge in [0, 0.05) is 16.3 Å². The summed E-state index contributed by atoms with van der Waals surface area (Å²) in [5.41, 5.74) is 4.53. The van der Waals surface area contributed by atoms with Crippen LogP contribution < -0.4 is 0 Å². The number of rotatable bonds is 4. The van der Waals surface area contributed by atoms with Gasteiger partial charge in [0.1, 0.15) is 5.52 Å². The highest BCUT2D eigenvalue weighted by atomic mass is 79.9. The number of allylic oxidation sites excluding steroid dienone is 1. The van der Waals surface area contributed by atoms with Crippen LogP contribution in [0.1, 0.15) is 5.56 Å². The van der Waals surface area contributed by atoms with E-state index in [9.17, 15) is 0 Å². The van der Waals surface area contributed by atoms with Gasteiger partial charge in [0.05, 0.1) is 5.69 Å². The molecule has 4 rings (SSSR count). The van der Waals surface area contributed by atoms with Gasteiger partial charge in [0.15, 0.2) is 5.58 Å². The van der Waals surface area contributed by atoms with E-state index < -0.39 is 0 Å². The largest absolute Gasteiger partial charge is 0.436 e. The van der Waals surface area contributed by atoms with Crippen molar-refractivity contribution in [1.82, 2.24) is 4.98 Å². The quantitative estimate of drug-likeness (QED) is 0.357. The lowest BCUT2D eigenvalue weighted by atomic mass is 10.2. The van der Waals surface area contributed by atoms with Gasteiger partial charge in [0.25, 0.3) is 0 Å². The molecule has 0 fully saturated rings. The molecule has 4 heteroatoms. The fourth-order valence-electron chi connectivity index (χ4n) is 2.57. The van der Waals surface area contributed by atoms with E-state index >= 15 is 0 Å². The Bertz CT molecular complexity index is 1060. The maximum absolute atomic E-state index is 5.82. The number of nitrogens with zero attached hydrogens (tertiary/aromatic N) is 2. The number of hydrogen-bond acceptors (Lipinski definition) is 3. The summed E-state index contributed by atoms with van der Waals surface area (Å²) in [5.74, 6) is 0.605. The first-order valence-electron chi connectivity index (χ1n) is 8.20. The molecule has 0 aliphatic heterocycles. The lowest BCUT2D eigenvalue weighted by molar-refractivity contribution is 0.620. The number of para-hydroxylation sites is 2. The van der Waals surface area contributed by atoms with Gasteiger partial charge in [-0.3, -0.25) is 4.99 Å². The van der Waals surface area contributed by atoms with Crippen molar-refractivity contribution in [2.45, 2.75) is 0 Å². The van der Waals surface area contributed by atoms with Crippen LogP contribution in [0.2, 0.25) is 0 Å². The Morgan fingerprint density at radius 2 is 1.77 bits per heavy atom. The van der Waals surface area contributed by atoms with Crippen LogP contribution in [0, 0.1) is 0 Å². The van der Waals surface area contributed by atoms with Gasteiger partial charge < -0.3 is 4.42 Å². The number of aromatic nitrogens is 1. The van der Waals surface area contributed by atoms with Crippen molar-refractivity contribution in [3.8, 4) is 11.5 Å². The molecule has 0 spiro atoms. The van der Waals surface area contributed by atoms with Crippen molar-refractivity contribution in [3.63, 3.8) is 0 Å². The number of aliphatic imine (C=N–C) groups is 1. The van der Waals surface area contributed by atoms with Crippen LogP contribution in [0.15, 0.2) is 92.8 Å². The van der Waals surface area contributed by atoms with Gasteiger partial charge in [-0.15, -0.1) is 0 Å². The Kier molecular flexibility index (Phi) is 4.75. The van der Waals surface area contributed by atoms with E-state index in [0.29, 0.717) is 5.89 Å². The second-order valence-corrected chi connectivity index (χ2v) is 6.64. The molecule has 0 atom stereocenters. The van der Waals surface area contributed by atoms with Crippen LogP contribution in [-0.2, 0) is 0 Å². The third kappa shape index (κ3) is 3.81. The van der Waals surface area contributed by atoms with Crippen molar-refractivity contribution in [3.05, 3.63) is 88.9 Å². The molecule has 126 valence electrons. The number of fused-ring (bicyclic) bond motifs is 1. The zero-order valence-electron chi connectivity index (χ0n) is 13.8. The first kappa shape index (κ1) is 16.5. The summed E-state index contributed by atoms with van der Waals surface area (Å²) < 4.78 is 6.89. The molecular formula is C22H15BrN2O. The standard InChI is InChI=1S/C22H15BrN2O/c23-18-12-10-16(11-13-18)5-4-14-24-19-7-3-6-17(15-19)22-25-20-8-1-2-9-21(20)26-22/h1-15H/b5-4+,24-14?. The molecular weight excluding hydrogens is 388 g/mol. The van der Waals surface area contributed by atoms with Crippen molar-refractivity contribution < 1.29 is 4.42 Å². The minimum Gasteiger partial charge on any atom is -0.436 e. The Balaban J connectivity index is 1.52. The van der Waals surface area contributed by atoms with E-state index in [4.69, 9.17) is 4.42 Å². The molecule has 3 nitrogen and oxygen atoms in total. The lowest BCUT2D eigenvalue weighted by Crippen LogP contribution is -1.77. The summed E-state index contributed by atoms with van der Waals surface area (Å²) in [6.45, 7) is 0. The molecule has 4 aromatic rings. The van der Waals surface area contributed by atoms with Gasteiger partial charge in [0.2, 0.25) is 5.89 Å². The van der Waals surface area contributed by atoms with Crippen molar-refractivity contribution in [2.24, 2.45) is 4.99 Å². The maximum atomic E-state index is 5.82. The smallest absolute Gasteiger partial charge is 0.227 e. The van der Waals surface area contributed by atoms with Crippen LogP contribution in [0.5, 0.6) is 0 Å². The monoisotopic (exact) mass is 402 g/mol. The Morgan fingerprint density at radius 1 is 0.923 bits per heavy atom. The minimum absolute atomic E-state index is 0.605. The second kappa shape index (κ2) is 7.50. The molecule has 0 saturated carbocycles. The van der Waals surface area contributed by atoms with Crippen molar-refractivity contribution >= 4 is 45.0 Å². The Morgan fingerprint density at radius 3 is 2.62 bits per heavy atom. The minimum atomic E-state index is 0.605. The van der Waals surface area contributed by atoms with E-state index in [1.165, 1.54) is 0 Å². The number of halogens is 1. The number of oxazole rings is 1. The SMILES string of the molecule is Brc1ccc(/C=C/C=Nc2cccc(-c3nc4ccccc4o3)c2)cc1. The zero-order valence-corrected chi connectivity index (χ0v) is 15.4. The topological polar surface area (TPSA) is 38.4 Å². The van der Waals surface area contributed by atoms with E-state index in [0.717, 1.165) is 32.4 Å². The molecule has 26 heavy (non-hydrogen) atoms. The highest BCUT2D eigenvalue weighted by Crippen LogP contribution is 2.26. The average Bonchev–Trinajstić information content (AvgIpc) is 3.11. The van der Waals surface area contributed by atoms with Crippen molar-refractivity contribution in [2.75, 3.05) is 0 Å². The first-order valence-corrected chi connectivity index (χ1v) is 8.99. The van der Waals surface area contributed by atoms with Crippen molar-refractivity contribution in [1.29, 1.82) is 0 Å². The van der Waals surface area contributed by atoms with Crippen LogP contribution in [0.3, 0.4) is 0 Å². The Labute approximate surface area is 159 Å². The molecule has 0 aliphatic carbocycles. The average molecular weight is 403 g/mol. The molecule has 1 heterocycles. The lowest BCUT2D eigenvalue weighted by Gasteiger charge is -1.97. The van der Waals surface area contributed by atoms with E-state index in [2.05, 4.69) is 25.9 Å². The van der Waals surface area contributed by atoms with Gasteiger partial charge in [-0.05, 0) is 54.1 Å². The second-order valence-electron chi connectivity index (χ2n) is 5.73. The molecule has 0 radical (unpaired) electrons. The molecule has 0 N–H and O–H groups in total. The van der Waals surface area contributed by atoms with Gasteiger partial charge in [-0.25, -0.2) is 4.98 Å².